The Balaban J connectivity index is 0. The Labute approximate surface area is 41.2 Å². The van der Waals surface area contributed by atoms with E-state index in [1.54, 1.807) is 0 Å². The predicted octanol–water partition coefficient (Wildman–Crippen LogP) is 0.0165. The number of hydrogen-bond acceptors (Lipinski definition) is 2. The van der Waals surface area contributed by atoms with Gasteiger partial charge < -0.3 is 0 Å². The highest BCUT2D eigenvalue weighted by Gasteiger charge is 1.18. The molecule has 0 heterocycles. The van der Waals surface area contributed by atoms with Crippen molar-refractivity contribution in [2.45, 2.75) is 0 Å². The zero-order chi connectivity index (χ0) is 2.71. The van der Waals surface area contributed by atoms with E-state index >= 15 is 0 Å². The van der Waals surface area contributed by atoms with Gasteiger partial charge in [-0.2, -0.15) is 5.26 Å². The van der Waals surface area contributed by atoms with Crippen LogP contribution in [-0.4, -0.2) is 17.4 Å². The van der Waals surface area contributed by atoms with Crippen molar-refractivity contribution in [3.8, 4) is 5.40 Å². The molecule has 19 valence electrons. The minimum Gasteiger partial charge on any atom is -0.185 e. The molecule has 0 aliphatic rings. The van der Waals surface area contributed by atoms with Gasteiger partial charge in [-0.3, -0.25) is 0 Å². The van der Waals surface area contributed by atoms with Gasteiger partial charge in [-0.25, -0.2) is 0 Å². The third-order valence-corrected chi connectivity index (χ3v) is 0. The van der Waals surface area contributed by atoms with Crippen LogP contribution in [0, 0.1) is 10.7 Å². The van der Waals surface area contributed by atoms with Gasteiger partial charge in [-0.05, 0) is 0 Å². The standard InChI is InChI=1S/CHNS.Al/c2-1-3;/h3H;. The molecule has 0 bridgehead atoms. The first-order chi connectivity index (χ1) is 1.41. The molecular weight excluding hydrogens is 85.1 g/mol. The fourth-order valence-corrected chi connectivity index (χ4v) is 0. The summed E-state index contributed by atoms with van der Waals surface area (Å²) in [5.41, 5.74) is 0. The molecule has 0 fully saturated rings. The summed E-state index contributed by atoms with van der Waals surface area (Å²) in [5.74, 6) is 0. The topological polar surface area (TPSA) is 23.8 Å². The van der Waals surface area contributed by atoms with Gasteiger partial charge in [0.1, 0.15) is 5.40 Å². The highest BCUT2D eigenvalue weighted by molar-refractivity contribution is 7.85. The molecular formula is CHAlNS. The van der Waals surface area contributed by atoms with E-state index in [1.165, 1.54) is 5.40 Å². The molecule has 4 heavy (non-hydrogen) atoms. The van der Waals surface area contributed by atoms with E-state index < -0.39 is 0 Å². The summed E-state index contributed by atoms with van der Waals surface area (Å²) in [6.45, 7) is 0. The van der Waals surface area contributed by atoms with Gasteiger partial charge in [-0.15, -0.1) is 0 Å². The first-order valence-corrected chi connectivity index (χ1v) is 0.894. The number of thiol groups is 1. The molecule has 0 amide bonds. The van der Waals surface area contributed by atoms with Crippen LogP contribution in [0.1, 0.15) is 0 Å². The Bertz CT molecular complexity index is 29.5. The third kappa shape index (κ3) is 32.2. The van der Waals surface area contributed by atoms with Crippen LogP contribution in [0.15, 0.2) is 0 Å². The van der Waals surface area contributed by atoms with E-state index in [2.05, 4.69) is 12.6 Å². The lowest BCUT2D eigenvalue weighted by Crippen LogP contribution is -0.961. The van der Waals surface area contributed by atoms with Gasteiger partial charge in [0.25, 0.3) is 0 Å². The maximum Gasteiger partial charge on any atom is 0.130 e. The molecule has 0 rings (SSSR count). The number of rotatable bonds is 0. The van der Waals surface area contributed by atoms with Crippen molar-refractivity contribution in [1.29, 1.82) is 5.26 Å². The molecule has 0 saturated carbocycles. The molecule has 3 heteroatoms. The van der Waals surface area contributed by atoms with Crippen LogP contribution in [0.4, 0.5) is 0 Å². The number of nitriles is 1. The van der Waals surface area contributed by atoms with Crippen LogP contribution in [0.25, 0.3) is 0 Å². The monoisotopic (exact) mass is 86.0 g/mol. The van der Waals surface area contributed by atoms with Crippen LogP contribution in [0.3, 0.4) is 0 Å². The highest BCUT2D eigenvalue weighted by atomic mass is 32.1. The second-order valence-electron chi connectivity index (χ2n) is 0.100. The smallest absolute Gasteiger partial charge is 0.130 e. The molecule has 0 spiro atoms. The van der Waals surface area contributed by atoms with Crippen molar-refractivity contribution in [3.63, 3.8) is 0 Å². The van der Waals surface area contributed by atoms with Crippen LogP contribution >= 0.6 is 12.6 Å². The van der Waals surface area contributed by atoms with E-state index in [4.69, 9.17) is 5.26 Å². The maximum absolute atomic E-state index is 7.18. The molecule has 1 nitrogen and oxygen atoms in total. The summed E-state index contributed by atoms with van der Waals surface area (Å²) >= 11 is 3.09. The minimum absolute atomic E-state index is 0. The SMILES string of the molecule is N#CS.[Al]. The molecule has 3 radical (unpaired) electrons. The number of nitrogens with zero attached hydrogens (tertiary/aromatic N) is 1. The summed E-state index contributed by atoms with van der Waals surface area (Å²) in [7, 11) is 0. The number of thiocyanates is 1. The van der Waals surface area contributed by atoms with Gasteiger partial charge in [-0.1, -0.05) is 12.6 Å². The molecule has 0 unspecified atom stereocenters. The van der Waals surface area contributed by atoms with E-state index in [-0.39, 0.29) is 17.4 Å². The van der Waals surface area contributed by atoms with Crippen molar-refractivity contribution >= 4 is 30.0 Å². The summed E-state index contributed by atoms with van der Waals surface area (Å²) < 4.78 is 0. The molecule has 0 aromatic carbocycles. The Morgan fingerprint density at radius 2 is 1.75 bits per heavy atom. The van der Waals surface area contributed by atoms with Crippen molar-refractivity contribution in [2.75, 3.05) is 0 Å². The normalized spacial score (nSPS) is 2.00. The third-order valence-electron chi connectivity index (χ3n) is 0. The molecule has 0 aromatic heterocycles. The molecule has 0 aromatic rings. The van der Waals surface area contributed by atoms with E-state index in [0.29, 0.717) is 0 Å². The van der Waals surface area contributed by atoms with Gasteiger partial charge in [0.2, 0.25) is 0 Å². The average molecular weight is 86.1 g/mol. The second kappa shape index (κ2) is 10.1. The fourth-order valence-electron chi connectivity index (χ4n) is 0. The van der Waals surface area contributed by atoms with E-state index in [9.17, 15) is 0 Å². The Morgan fingerprint density at radius 3 is 1.75 bits per heavy atom. The lowest BCUT2D eigenvalue weighted by atomic mass is 11.8. The van der Waals surface area contributed by atoms with E-state index in [1.807, 2.05) is 0 Å². The maximum atomic E-state index is 7.18. The summed E-state index contributed by atoms with van der Waals surface area (Å²) in [6, 6.07) is 0. The van der Waals surface area contributed by atoms with Crippen molar-refractivity contribution in [1.82, 2.24) is 0 Å². The van der Waals surface area contributed by atoms with Gasteiger partial charge in [0.15, 0.2) is 0 Å². The van der Waals surface area contributed by atoms with Gasteiger partial charge in [0.05, 0.1) is 0 Å². The Kier molecular flexibility index (Phi) is 22.3. The van der Waals surface area contributed by atoms with Crippen LogP contribution < -0.4 is 0 Å². The first kappa shape index (κ1) is 8.84. The van der Waals surface area contributed by atoms with E-state index in [0.717, 1.165) is 0 Å². The lowest BCUT2D eigenvalue weighted by molar-refractivity contribution is 1.57. The van der Waals surface area contributed by atoms with Crippen LogP contribution in [0.5, 0.6) is 0 Å². The summed E-state index contributed by atoms with van der Waals surface area (Å²) in [6.07, 6.45) is 0. The van der Waals surface area contributed by atoms with Crippen molar-refractivity contribution in [2.24, 2.45) is 0 Å². The largest absolute Gasteiger partial charge is 0.185 e. The molecule has 0 saturated heterocycles. The average Bonchev–Trinajstić information content (AvgIpc) is 0.918. The quantitative estimate of drug-likeness (QED) is 0.251. The van der Waals surface area contributed by atoms with Gasteiger partial charge in [0, 0.05) is 17.4 Å². The second-order valence-corrected chi connectivity index (χ2v) is 0.300. The van der Waals surface area contributed by atoms with Crippen molar-refractivity contribution in [3.05, 3.63) is 0 Å². The lowest BCUT2D eigenvalue weighted by Gasteiger charge is -1.14. The zero-order valence-corrected chi connectivity index (χ0v) is 4.02. The predicted molar refractivity (Wildman–Crippen MR) is 20.4 cm³/mol. The van der Waals surface area contributed by atoms with Crippen LogP contribution in [-0.2, 0) is 0 Å². The van der Waals surface area contributed by atoms with Gasteiger partial charge >= 0.3 is 0 Å². The first-order valence-electron chi connectivity index (χ1n) is 0.447. The molecule has 0 aliphatic carbocycles. The Morgan fingerprint density at radius 1 is 1.75 bits per heavy atom. The minimum atomic E-state index is 0. The fraction of sp³-hybridized carbons (Fsp3) is 0. The van der Waals surface area contributed by atoms with Crippen LogP contribution in [0.2, 0.25) is 0 Å². The summed E-state index contributed by atoms with van der Waals surface area (Å²) in [5, 5.41) is 8.63. The zero-order valence-electron chi connectivity index (χ0n) is 1.97. The molecule has 0 atom stereocenters. The molecule has 0 aliphatic heterocycles. The highest BCUT2D eigenvalue weighted by Crippen LogP contribution is 1.46. The molecule has 0 N–H and O–H groups in total. The Hall–Kier alpha value is 0.372. The number of hydrogen-bond donors (Lipinski definition) is 1. The summed E-state index contributed by atoms with van der Waals surface area (Å²) in [4.78, 5) is 0. The van der Waals surface area contributed by atoms with Crippen molar-refractivity contribution < 1.29 is 0 Å².